The van der Waals surface area contributed by atoms with Crippen molar-refractivity contribution < 1.29 is 23.1 Å². The molecule has 2 aromatic rings. The number of ether oxygens (including phenoxy) is 1. The summed E-state index contributed by atoms with van der Waals surface area (Å²) in [6.45, 7) is 5.65. The Morgan fingerprint density at radius 3 is 2.48 bits per heavy atom. The number of nitrogens with zero attached hydrogens (tertiary/aromatic N) is 1. The van der Waals surface area contributed by atoms with E-state index in [-0.39, 0.29) is 22.3 Å². The number of hydrogen-bond donors (Lipinski definition) is 3. The number of halogens is 1. The summed E-state index contributed by atoms with van der Waals surface area (Å²) in [4.78, 5) is 12.7. The first-order valence-corrected chi connectivity index (χ1v) is 11.8. The number of aryl methyl sites for hydroxylation is 1. The molecule has 0 unspecified atom stereocenters. The number of phenolic OH excluding ortho intramolecular Hbond substituents is 1. The average Bonchev–Trinajstić information content (AvgIpc) is 2.69. The summed E-state index contributed by atoms with van der Waals surface area (Å²) in [5.41, 5.74) is 3.87. The summed E-state index contributed by atoms with van der Waals surface area (Å²) in [6.07, 6.45) is 1.66. The number of nitrogens with one attached hydrogen (secondary N) is 2. The van der Waals surface area contributed by atoms with Crippen LogP contribution in [0.5, 0.6) is 11.5 Å². The topological polar surface area (TPSA) is 117 Å². The highest BCUT2D eigenvalue weighted by Gasteiger charge is 2.26. The van der Waals surface area contributed by atoms with Crippen LogP contribution in [0.1, 0.15) is 31.4 Å². The third-order valence-electron chi connectivity index (χ3n) is 4.31. The van der Waals surface area contributed by atoms with Crippen LogP contribution in [0.15, 0.2) is 50.9 Å². The molecule has 0 fully saturated rings. The van der Waals surface area contributed by atoms with E-state index in [9.17, 15) is 18.3 Å². The van der Waals surface area contributed by atoms with Gasteiger partial charge in [0.25, 0.3) is 5.91 Å². The van der Waals surface area contributed by atoms with Crippen molar-refractivity contribution in [2.45, 2.75) is 38.1 Å². The van der Waals surface area contributed by atoms with E-state index in [1.54, 1.807) is 24.3 Å². The maximum atomic E-state index is 12.7. The molecule has 0 aliphatic heterocycles. The van der Waals surface area contributed by atoms with Crippen LogP contribution in [0.25, 0.3) is 0 Å². The van der Waals surface area contributed by atoms with Crippen LogP contribution < -0.4 is 14.9 Å². The van der Waals surface area contributed by atoms with Gasteiger partial charge in [0.2, 0.25) is 10.0 Å². The quantitative estimate of drug-likeness (QED) is 0.352. The lowest BCUT2D eigenvalue weighted by Gasteiger charge is -2.19. The van der Waals surface area contributed by atoms with E-state index in [0.29, 0.717) is 16.5 Å². The van der Waals surface area contributed by atoms with Gasteiger partial charge in [0.1, 0.15) is 6.04 Å². The lowest BCUT2D eigenvalue weighted by molar-refractivity contribution is -0.123. The molecule has 3 N–H and O–H groups in total. The third kappa shape index (κ3) is 7.05. The SMILES string of the molecule is COc1cc(/C=N\NC(=O)[C@@H](CC(C)C)NS(=O)(=O)c2ccc(C)cc2)cc(Br)c1O. The number of carbonyl (C=O) groups is 1. The van der Waals surface area contributed by atoms with Gasteiger partial charge in [-0.15, -0.1) is 0 Å². The molecule has 1 atom stereocenters. The zero-order chi connectivity index (χ0) is 23.2. The van der Waals surface area contributed by atoms with Gasteiger partial charge < -0.3 is 9.84 Å². The molecule has 0 bridgehead atoms. The number of benzene rings is 2. The summed E-state index contributed by atoms with van der Waals surface area (Å²) in [7, 11) is -2.46. The minimum absolute atomic E-state index is 0.0498. The first-order chi connectivity index (χ1) is 14.5. The molecule has 0 saturated carbocycles. The minimum Gasteiger partial charge on any atom is -0.503 e. The fourth-order valence-corrected chi connectivity index (χ4v) is 4.39. The molecule has 0 saturated heterocycles. The first kappa shape index (κ1) is 24.8. The van der Waals surface area contributed by atoms with Gasteiger partial charge >= 0.3 is 0 Å². The highest BCUT2D eigenvalue weighted by molar-refractivity contribution is 9.10. The molecule has 168 valence electrons. The first-order valence-electron chi connectivity index (χ1n) is 9.52. The van der Waals surface area contributed by atoms with E-state index in [4.69, 9.17) is 4.74 Å². The molecule has 0 aromatic heterocycles. The van der Waals surface area contributed by atoms with Crippen LogP contribution in [0.2, 0.25) is 0 Å². The number of carbonyl (C=O) groups excluding carboxylic acids is 1. The fraction of sp³-hybridized carbons (Fsp3) is 0.333. The maximum Gasteiger partial charge on any atom is 0.258 e. The number of hydrazone groups is 1. The standard InChI is InChI=1S/C21H26BrN3O5S/c1-13(2)9-18(25-31(28,29)16-7-5-14(3)6-8-16)21(27)24-23-12-15-10-17(22)20(26)19(11-15)30-4/h5-8,10-13,18,25-26H,9H2,1-4H3,(H,24,27)/b23-12-/t18-/m1/s1. The third-order valence-corrected chi connectivity index (χ3v) is 6.40. The molecule has 31 heavy (non-hydrogen) atoms. The van der Waals surface area contributed by atoms with Crippen molar-refractivity contribution in [3.05, 3.63) is 52.0 Å². The Balaban J connectivity index is 2.15. The van der Waals surface area contributed by atoms with Crippen LogP contribution in [0.3, 0.4) is 0 Å². The minimum atomic E-state index is -3.88. The Morgan fingerprint density at radius 1 is 1.26 bits per heavy atom. The van der Waals surface area contributed by atoms with E-state index >= 15 is 0 Å². The number of phenols is 1. The van der Waals surface area contributed by atoms with Crippen LogP contribution in [0.4, 0.5) is 0 Å². The summed E-state index contributed by atoms with van der Waals surface area (Å²) in [5, 5.41) is 13.8. The molecule has 0 aliphatic rings. The van der Waals surface area contributed by atoms with Crippen LogP contribution in [0, 0.1) is 12.8 Å². The van der Waals surface area contributed by atoms with Crippen molar-refractivity contribution >= 4 is 38.1 Å². The lowest BCUT2D eigenvalue weighted by atomic mass is 10.0. The van der Waals surface area contributed by atoms with Crippen LogP contribution in [-0.2, 0) is 14.8 Å². The predicted molar refractivity (Wildman–Crippen MR) is 123 cm³/mol. The van der Waals surface area contributed by atoms with Gasteiger partial charge in [-0.3, -0.25) is 4.79 Å². The number of rotatable bonds is 9. The van der Waals surface area contributed by atoms with Gasteiger partial charge in [0, 0.05) is 0 Å². The van der Waals surface area contributed by atoms with Crippen molar-refractivity contribution in [1.29, 1.82) is 0 Å². The monoisotopic (exact) mass is 511 g/mol. The largest absolute Gasteiger partial charge is 0.503 e. The zero-order valence-electron chi connectivity index (χ0n) is 17.7. The molecular formula is C21H26BrN3O5S. The van der Waals surface area contributed by atoms with E-state index in [1.807, 2.05) is 20.8 Å². The highest BCUT2D eigenvalue weighted by atomic mass is 79.9. The van der Waals surface area contributed by atoms with E-state index in [2.05, 4.69) is 31.2 Å². The van der Waals surface area contributed by atoms with Gasteiger partial charge in [-0.2, -0.15) is 9.82 Å². The van der Waals surface area contributed by atoms with E-state index in [0.717, 1.165) is 5.56 Å². The van der Waals surface area contributed by atoms with Crippen molar-refractivity contribution in [2.24, 2.45) is 11.0 Å². The Bertz CT molecular complexity index is 1050. The fourth-order valence-electron chi connectivity index (χ4n) is 2.73. The number of methoxy groups -OCH3 is 1. The Labute approximate surface area is 190 Å². The van der Waals surface area contributed by atoms with Crippen molar-refractivity contribution in [3.63, 3.8) is 0 Å². The van der Waals surface area contributed by atoms with Crippen LogP contribution in [-0.4, -0.2) is 38.8 Å². The molecule has 2 aromatic carbocycles. The lowest BCUT2D eigenvalue weighted by Crippen LogP contribution is -2.46. The van der Waals surface area contributed by atoms with Crippen molar-refractivity contribution in [2.75, 3.05) is 7.11 Å². The molecule has 2 rings (SSSR count). The summed E-state index contributed by atoms with van der Waals surface area (Å²) in [6, 6.07) is 8.53. The molecule has 0 heterocycles. The average molecular weight is 512 g/mol. The molecule has 1 amide bonds. The maximum absolute atomic E-state index is 12.7. The van der Waals surface area contributed by atoms with E-state index < -0.39 is 22.0 Å². The van der Waals surface area contributed by atoms with Gasteiger partial charge in [0.05, 0.1) is 22.7 Å². The van der Waals surface area contributed by atoms with Gasteiger partial charge in [-0.25, -0.2) is 13.8 Å². The smallest absolute Gasteiger partial charge is 0.258 e. The summed E-state index contributed by atoms with van der Waals surface area (Å²) in [5.74, 6) is -0.319. The second-order valence-corrected chi connectivity index (χ2v) is 9.97. The zero-order valence-corrected chi connectivity index (χ0v) is 20.1. The Hall–Kier alpha value is -2.43. The van der Waals surface area contributed by atoms with Crippen molar-refractivity contribution in [3.8, 4) is 11.5 Å². The second-order valence-electron chi connectivity index (χ2n) is 7.40. The highest BCUT2D eigenvalue weighted by Crippen LogP contribution is 2.34. The number of hydrogen-bond acceptors (Lipinski definition) is 6. The molecule has 0 aliphatic carbocycles. The Morgan fingerprint density at radius 2 is 1.90 bits per heavy atom. The number of aromatic hydroxyl groups is 1. The molecule has 10 heteroatoms. The van der Waals surface area contributed by atoms with Gasteiger partial charge in [0.15, 0.2) is 11.5 Å². The van der Waals surface area contributed by atoms with Gasteiger partial charge in [-0.1, -0.05) is 31.5 Å². The summed E-state index contributed by atoms with van der Waals surface area (Å²) >= 11 is 3.21. The number of amides is 1. The molecule has 0 spiro atoms. The molecule has 0 radical (unpaired) electrons. The van der Waals surface area contributed by atoms with E-state index in [1.165, 1.54) is 25.5 Å². The molecular weight excluding hydrogens is 486 g/mol. The summed E-state index contributed by atoms with van der Waals surface area (Å²) < 4.78 is 33.4. The number of sulfonamides is 1. The molecule has 8 nitrogen and oxygen atoms in total. The second kappa shape index (κ2) is 10.7. The van der Waals surface area contributed by atoms with Crippen molar-refractivity contribution in [1.82, 2.24) is 10.1 Å². The van der Waals surface area contributed by atoms with Gasteiger partial charge in [-0.05, 0) is 65.0 Å². The Kier molecular flexibility index (Phi) is 8.60. The predicted octanol–water partition coefficient (Wildman–Crippen LogP) is 3.32. The normalized spacial score (nSPS) is 12.8. The van der Waals surface area contributed by atoms with Crippen LogP contribution >= 0.6 is 15.9 Å².